The van der Waals surface area contributed by atoms with Gasteiger partial charge in [-0.1, -0.05) is 18.9 Å². The second-order valence-corrected chi connectivity index (χ2v) is 13.5. The summed E-state index contributed by atoms with van der Waals surface area (Å²) < 4.78 is 52.4. The van der Waals surface area contributed by atoms with Crippen LogP contribution in [0.1, 0.15) is 47.9 Å². The summed E-state index contributed by atoms with van der Waals surface area (Å²) in [6, 6.07) is 7.90. The molecule has 1 fully saturated rings. The zero-order valence-electron chi connectivity index (χ0n) is 20.0. The minimum absolute atomic E-state index is 0.0448. The van der Waals surface area contributed by atoms with E-state index in [0.717, 1.165) is 15.4 Å². The molecule has 1 aliphatic carbocycles. The molecule has 0 aromatic heterocycles. The van der Waals surface area contributed by atoms with Gasteiger partial charge in [0.05, 0.1) is 9.79 Å². The zero-order valence-corrected chi connectivity index (χ0v) is 21.7. The van der Waals surface area contributed by atoms with E-state index in [-0.39, 0.29) is 22.6 Å². The molecule has 1 aliphatic rings. The van der Waals surface area contributed by atoms with Crippen LogP contribution in [0.4, 0.5) is 5.69 Å². The first-order valence-corrected chi connectivity index (χ1v) is 13.8. The number of sulfonamides is 1. The molecule has 2 aromatic rings. The number of hydrogen-bond acceptors (Lipinski definition) is 5. The maximum atomic E-state index is 13.8. The largest absolute Gasteiger partial charge is 0.324 e. The lowest BCUT2D eigenvalue weighted by Gasteiger charge is -2.28. The number of carbonyl (C=O) groups is 1. The van der Waals surface area contributed by atoms with Crippen molar-refractivity contribution in [3.63, 3.8) is 0 Å². The third-order valence-corrected chi connectivity index (χ3v) is 11.1. The standard InChI is InChI=1S/C24H32N2O5S2/c1-16-9-10-20(13-17(16)2)32(28,29)24(11-7-8-12-24)23(27)25-22-15-21(14-18(3)19(22)4)33(30,31)26(5)6/h9-10,13-15H,7-8,11-12H2,1-6H3,(H,25,27). The van der Waals surface area contributed by atoms with Crippen LogP contribution in [0.2, 0.25) is 0 Å². The van der Waals surface area contributed by atoms with Crippen LogP contribution in [-0.2, 0) is 24.7 Å². The van der Waals surface area contributed by atoms with E-state index in [9.17, 15) is 21.6 Å². The van der Waals surface area contributed by atoms with E-state index < -0.39 is 30.5 Å². The molecule has 0 saturated heterocycles. The summed E-state index contributed by atoms with van der Waals surface area (Å²) in [6.45, 7) is 7.29. The number of amides is 1. The summed E-state index contributed by atoms with van der Waals surface area (Å²) in [6.07, 6.45) is 1.71. The Kier molecular flexibility index (Phi) is 6.81. The summed E-state index contributed by atoms with van der Waals surface area (Å²) in [5.41, 5.74) is 3.51. The lowest BCUT2D eigenvalue weighted by Crippen LogP contribution is -2.47. The van der Waals surface area contributed by atoms with Crippen molar-refractivity contribution in [2.24, 2.45) is 0 Å². The number of carbonyl (C=O) groups excluding carboxylic acids is 1. The van der Waals surface area contributed by atoms with Gasteiger partial charge in [0.15, 0.2) is 14.6 Å². The Bertz CT molecular complexity index is 1310. The lowest BCUT2D eigenvalue weighted by atomic mass is 10.0. The van der Waals surface area contributed by atoms with Crippen LogP contribution >= 0.6 is 0 Å². The van der Waals surface area contributed by atoms with Gasteiger partial charge in [0.25, 0.3) is 0 Å². The monoisotopic (exact) mass is 492 g/mol. The third-order valence-electron chi connectivity index (χ3n) is 6.80. The second kappa shape index (κ2) is 8.85. The first-order chi connectivity index (χ1) is 15.2. The van der Waals surface area contributed by atoms with E-state index >= 15 is 0 Å². The fourth-order valence-electron chi connectivity index (χ4n) is 4.22. The van der Waals surface area contributed by atoms with E-state index in [1.807, 2.05) is 13.8 Å². The van der Waals surface area contributed by atoms with Crippen molar-refractivity contribution in [2.75, 3.05) is 19.4 Å². The number of hydrogen-bond donors (Lipinski definition) is 1. The molecule has 7 nitrogen and oxygen atoms in total. The van der Waals surface area contributed by atoms with Crippen molar-refractivity contribution in [1.29, 1.82) is 0 Å². The molecule has 0 spiro atoms. The average molecular weight is 493 g/mol. The first kappa shape index (κ1) is 25.4. The van der Waals surface area contributed by atoms with E-state index in [1.54, 1.807) is 38.1 Å². The van der Waals surface area contributed by atoms with Gasteiger partial charge in [-0.3, -0.25) is 4.79 Å². The number of benzene rings is 2. The van der Waals surface area contributed by atoms with Crippen molar-refractivity contribution in [3.8, 4) is 0 Å². The highest BCUT2D eigenvalue weighted by molar-refractivity contribution is 7.93. The summed E-state index contributed by atoms with van der Waals surface area (Å²) in [5, 5.41) is 2.79. The molecule has 0 atom stereocenters. The fourth-order valence-corrected chi connectivity index (χ4v) is 7.39. The van der Waals surface area contributed by atoms with Crippen molar-refractivity contribution in [1.82, 2.24) is 4.31 Å². The molecule has 9 heteroatoms. The molecule has 2 aromatic carbocycles. The molecule has 0 aliphatic heterocycles. The number of rotatable bonds is 6. The van der Waals surface area contributed by atoms with Crippen molar-refractivity contribution in [3.05, 3.63) is 52.6 Å². The zero-order chi connectivity index (χ0) is 24.8. The Hall–Kier alpha value is -2.23. The predicted octanol–water partition coefficient (Wildman–Crippen LogP) is 3.90. The Morgan fingerprint density at radius 1 is 0.848 bits per heavy atom. The molecule has 1 saturated carbocycles. The van der Waals surface area contributed by atoms with Gasteiger partial charge in [-0.2, -0.15) is 0 Å². The highest BCUT2D eigenvalue weighted by Gasteiger charge is 2.53. The first-order valence-electron chi connectivity index (χ1n) is 10.9. The molecule has 3 rings (SSSR count). The summed E-state index contributed by atoms with van der Waals surface area (Å²) in [5.74, 6) is -0.611. The highest BCUT2D eigenvalue weighted by atomic mass is 32.2. The van der Waals surface area contributed by atoms with Gasteiger partial charge in [-0.15, -0.1) is 0 Å². The number of nitrogens with zero attached hydrogens (tertiary/aromatic N) is 1. The Morgan fingerprint density at radius 2 is 1.42 bits per heavy atom. The lowest BCUT2D eigenvalue weighted by molar-refractivity contribution is -0.118. The average Bonchev–Trinajstić information content (AvgIpc) is 3.24. The number of nitrogens with one attached hydrogen (secondary N) is 1. The fraction of sp³-hybridized carbons (Fsp3) is 0.458. The summed E-state index contributed by atoms with van der Waals surface area (Å²) in [4.78, 5) is 13.8. The molecule has 0 unspecified atom stereocenters. The number of anilines is 1. The van der Waals surface area contributed by atoms with Gasteiger partial charge in [-0.05, 0) is 87.1 Å². The van der Waals surface area contributed by atoms with Crippen molar-refractivity contribution >= 4 is 31.5 Å². The minimum atomic E-state index is -3.97. The second-order valence-electron chi connectivity index (χ2n) is 9.11. The van der Waals surface area contributed by atoms with Gasteiger partial charge in [0, 0.05) is 19.8 Å². The molecule has 0 radical (unpaired) electrons. The Morgan fingerprint density at radius 3 is 1.97 bits per heavy atom. The molecule has 180 valence electrons. The van der Waals surface area contributed by atoms with E-state index in [1.165, 1.54) is 20.2 Å². The van der Waals surface area contributed by atoms with Crippen LogP contribution in [-0.4, -0.2) is 45.9 Å². The van der Waals surface area contributed by atoms with Gasteiger partial charge < -0.3 is 5.32 Å². The SMILES string of the molecule is Cc1ccc(S(=O)(=O)C2(C(=O)Nc3cc(S(=O)(=O)N(C)C)cc(C)c3C)CCCC2)cc1C. The van der Waals surface area contributed by atoms with Crippen molar-refractivity contribution < 1.29 is 21.6 Å². The third kappa shape index (κ3) is 4.34. The normalized spacial score (nSPS) is 16.2. The van der Waals surface area contributed by atoms with Crippen LogP contribution in [0.15, 0.2) is 40.1 Å². The van der Waals surface area contributed by atoms with Gasteiger partial charge >= 0.3 is 0 Å². The topological polar surface area (TPSA) is 101 Å². The van der Waals surface area contributed by atoms with Gasteiger partial charge in [0.1, 0.15) is 0 Å². The smallest absolute Gasteiger partial charge is 0.246 e. The Labute approximate surface area is 197 Å². The highest BCUT2D eigenvalue weighted by Crippen LogP contribution is 2.42. The maximum absolute atomic E-state index is 13.8. The quantitative estimate of drug-likeness (QED) is 0.659. The van der Waals surface area contributed by atoms with Crippen LogP contribution in [0.5, 0.6) is 0 Å². The van der Waals surface area contributed by atoms with Crippen LogP contribution < -0.4 is 5.32 Å². The summed E-state index contributed by atoms with van der Waals surface area (Å²) >= 11 is 0. The number of aryl methyl sites for hydroxylation is 3. The van der Waals surface area contributed by atoms with Crippen LogP contribution in [0.25, 0.3) is 0 Å². The molecule has 0 heterocycles. The van der Waals surface area contributed by atoms with Crippen LogP contribution in [0.3, 0.4) is 0 Å². The van der Waals surface area contributed by atoms with E-state index in [0.29, 0.717) is 29.7 Å². The predicted molar refractivity (Wildman–Crippen MR) is 130 cm³/mol. The Balaban J connectivity index is 2.08. The van der Waals surface area contributed by atoms with Crippen molar-refractivity contribution in [2.45, 2.75) is 67.9 Å². The minimum Gasteiger partial charge on any atom is -0.324 e. The van der Waals surface area contributed by atoms with Gasteiger partial charge in [0.2, 0.25) is 15.9 Å². The maximum Gasteiger partial charge on any atom is 0.246 e. The molecular formula is C24H32N2O5S2. The molecule has 1 amide bonds. The summed E-state index contributed by atoms with van der Waals surface area (Å²) in [7, 11) is -4.82. The van der Waals surface area contributed by atoms with Crippen LogP contribution in [0, 0.1) is 27.7 Å². The molecule has 33 heavy (non-hydrogen) atoms. The van der Waals surface area contributed by atoms with Gasteiger partial charge in [-0.25, -0.2) is 21.1 Å². The number of sulfone groups is 1. The molecule has 0 bridgehead atoms. The molecule has 1 N–H and O–H groups in total. The molecular weight excluding hydrogens is 460 g/mol. The van der Waals surface area contributed by atoms with E-state index in [2.05, 4.69) is 5.32 Å². The van der Waals surface area contributed by atoms with E-state index in [4.69, 9.17) is 0 Å².